The van der Waals surface area contributed by atoms with Gasteiger partial charge < -0.3 is 14.6 Å². The van der Waals surface area contributed by atoms with E-state index >= 15 is 0 Å². The summed E-state index contributed by atoms with van der Waals surface area (Å²) in [7, 11) is 3.12. The van der Waals surface area contributed by atoms with Crippen LogP contribution in [0.4, 0.5) is 0 Å². The molecule has 2 aromatic heterocycles. The van der Waals surface area contributed by atoms with Crippen LogP contribution in [0.1, 0.15) is 10.5 Å². The van der Waals surface area contributed by atoms with E-state index in [1.807, 2.05) is 12.1 Å². The second kappa shape index (κ2) is 6.41. The van der Waals surface area contributed by atoms with Gasteiger partial charge in [-0.2, -0.15) is 5.10 Å². The Morgan fingerprint density at radius 3 is 2.38 bits per heavy atom. The van der Waals surface area contributed by atoms with Crippen molar-refractivity contribution in [2.24, 2.45) is 0 Å². The van der Waals surface area contributed by atoms with Crippen molar-refractivity contribution in [2.45, 2.75) is 0 Å². The first-order chi connectivity index (χ1) is 11.6. The van der Waals surface area contributed by atoms with Gasteiger partial charge in [-0.25, -0.2) is 14.5 Å². The number of rotatable bonds is 5. The standard InChI is InChI=1S/C17H15N3O4/c1-23-13-6-3-11(4-7-13)15-9-14(17(21)22)19-20(15)12-5-8-16(24-2)18-10-12/h3-10H,1-2H3,(H,21,22). The second-order valence-electron chi connectivity index (χ2n) is 4.92. The molecule has 0 bridgehead atoms. The number of methoxy groups -OCH3 is 2. The fourth-order valence-electron chi connectivity index (χ4n) is 2.27. The van der Waals surface area contributed by atoms with E-state index in [-0.39, 0.29) is 5.69 Å². The molecule has 0 saturated carbocycles. The van der Waals surface area contributed by atoms with Gasteiger partial charge in [0, 0.05) is 11.6 Å². The van der Waals surface area contributed by atoms with Gasteiger partial charge in [0.2, 0.25) is 5.88 Å². The van der Waals surface area contributed by atoms with Crippen LogP contribution in [0.25, 0.3) is 16.9 Å². The number of benzene rings is 1. The van der Waals surface area contributed by atoms with Gasteiger partial charge in [-0.05, 0) is 36.4 Å². The summed E-state index contributed by atoms with van der Waals surface area (Å²) < 4.78 is 11.7. The zero-order chi connectivity index (χ0) is 17.1. The summed E-state index contributed by atoms with van der Waals surface area (Å²) in [6, 6.07) is 12.3. The number of aromatic carboxylic acids is 1. The van der Waals surface area contributed by atoms with Crippen molar-refractivity contribution in [2.75, 3.05) is 14.2 Å². The lowest BCUT2D eigenvalue weighted by molar-refractivity contribution is 0.0690. The number of hydrogen-bond donors (Lipinski definition) is 1. The van der Waals surface area contributed by atoms with Gasteiger partial charge >= 0.3 is 5.97 Å². The molecule has 0 amide bonds. The quantitative estimate of drug-likeness (QED) is 0.776. The molecular formula is C17H15N3O4. The Morgan fingerprint density at radius 1 is 1.08 bits per heavy atom. The van der Waals surface area contributed by atoms with Crippen molar-refractivity contribution in [3.63, 3.8) is 0 Å². The first-order valence-electron chi connectivity index (χ1n) is 7.10. The zero-order valence-electron chi connectivity index (χ0n) is 13.1. The van der Waals surface area contributed by atoms with Crippen LogP contribution in [0.2, 0.25) is 0 Å². The minimum Gasteiger partial charge on any atom is -0.497 e. The van der Waals surface area contributed by atoms with Crippen LogP contribution in [-0.4, -0.2) is 40.1 Å². The van der Waals surface area contributed by atoms with Crippen molar-refractivity contribution in [1.29, 1.82) is 0 Å². The second-order valence-corrected chi connectivity index (χ2v) is 4.92. The predicted octanol–water partition coefficient (Wildman–Crippen LogP) is 2.65. The molecule has 2 heterocycles. The largest absolute Gasteiger partial charge is 0.497 e. The first kappa shape index (κ1) is 15.5. The van der Waals surface area contributed by atoms with Gasteiger partial charge in [0.25, 0.3) is 0 Å². The summed E-state index contributed by atoms with van der Waals surface area (Å²) in [4.78, 5) is 15.4. The summed E-state index contributed by atoms with van der Waals surface area (Å²) in [5, 5.41) is 13.4. The highest BCUT2D eigenvalue weighted by Crippen LogP contribution is 2.26. The van der Waals surface area contributed by atoms with Gasteiger partial charge in [0.15, 0.2) is 5.69 Å². The van der Waals surface area contributed by atoms with Gasteiger partial charge in [0.1, 0.15) is 5.75 Å². The molecule has 7 heteroatoms. The molecule has 1 aromatic carbocycles. The normalized spacial score (nSPS) is 10.4. The van der Waals surface area contributed by atoms with Crippen molar-refractivity contribution in [3.05, 3.63) is 54.4 Å². The van der Waals surface area contributed by atoms with E-state index in [0.29, 0.717) is 17.3 Å². The minimum absolute atomic E-state index is 0.0448. The molecule has 0 fully saturated rings. The predicted molar refractivity (Wildman–Crippen MR) is 86.9 cm³/mol. The van der Waals surface area contributed by atoms with Crippen molar-refractivity contribution in [1.82, 2.24) is 14.8 Å². The topological polar surface area (TPSA) is 86.5 Å². The summed E-state index contributed by atoms with van der Waals surface area (Å²) in [5.41, 5.74) is 2.04. The Balaban J connectivity index is 2.10. The number of hydrogen-bond acceptors (Lipinski definition) is 5. The Hall–Kier alpha value is -3.35. The molecule has 0 unspecified atom stereocenters. The summed E-state index contributed by atoms with van der Waals surface area (Å²) in [5.74, 6) is 0.0923. The number of aromatic nitrogens is 3. The molecule has 1 N–H and O–H groups in total. The van der Waals surface area contributed by atoms with Gasteiger partial charge in [-0.15, -0.1) is 0 Å². The number of carbonyl (C=O) groups is 1. The highest BCUT2D eigenvalue weighted by molar-refractivity contribution is 5.87. The molecule has 7 nitrogen and oxygen atoms in total. The molecule has 3 rings (SSSR count). The minimum atomic E-state index is -1.09. The number of carboxylic acid groups (broad SMARTS) is 1. The fourth-order valence-corrected chi connectivity index (χ4v) is 2.27. The van der Waals surface area contributed by atoms with E-state index in [1.54, 1.807) is 37.6 Å². The van der Waals surface area contributed by atoms with Crippen LogP contribution in [0.5, 0.6) is 11.6 Å². The zero-order valence-corrected chi connectivity index (χ0v) is 13.1. The van der Waals surface area contributed by atoms with Crippen molar-refractivity contribution in [3.8, 4) is 28.6 Å². The van der Waals surface area contributed by atoms with Crippen LogP contribution in [0.15, 0.2) is 48.7 Å². The third kappa shape index (κ3) is 2.91. The Morgan fingerprint density at radius 2 is 1.83 bits per heavy atom. The van der Waals surface area contributed by atoms with Crippen molar-refractivity contribution < 1.29 is 19.4 Å². The summed E-state index contributed by atoms with van der Waals surface area (Å²) in [6.07, 6.45) is 1.57. The SMILES string of the molecule is COc1ccc(-c2cc(C(=O)O)nn2-c2ccc(OC)nc2)cc1. The van der Waals surface area contributed by atoms with Crippen molar-refractivity contribution >= 4 is 5.97 Å². The highest BCUT2D eigenvalue weighted by Gasteiger charge is 2.16. The number of nitrogens with zero attached hydrogens (tertiary/aromatic N) is 3. The molecule has 0 atom stereocenters. The van der Waals surface area contributed by atoms with Crippen LogP contribution in [-0.2, 0) is 0 Å². The van der Waals surface area contributed by atoms with E-state index < -0.39 is 5.97 Å². The average Bonchev–Trinajstić information content (AvgIpc) is 3.07. The lowest BCUT2D eigenvalue weighted by atomic mass is 10.1. The van der Waals surface area contributed by atoms with E-state index in [9.17, 15) is 9.90 Å². The molecule has 0 radical (unpaired) electrons. The number of ether oxygens (including phenoxy) is 2. The smallest absolute Gasteiger partial charge is 0.356 e. The molecule has 0 aliphatic heterocycles. The van der Waals surface area contributed by atoms with E-state index in [0.717, 1.165) is 11.3 Å². The van der Waals surface area contributed by atoms with Gasteiger partial charge in [-0.1, -0.05) is 0 Å². The number of carboxylic acids is 1. The molecule has 122 valence electrons. The third-order valence-corrected chi connectivity index (χ3v) is 3.49. The molecule has 24 heavy (non-hydrogen) atoms. The molecule has 0 aliphatic rings. The Labute approximate surface area is 138 Å². The summed E-state index contributed by atoms with van der Waals surface area (Å²) in [6.45, 7) is 0. The Kier molecular flexibility index (Phi) is 4.15. The van der Waals surface area contributed by atoms with Crippen LogP contribution < -0.4 is 9.47 Å². The van der Waals surface area contributed by atoms with Gasteiger partial charge in [0.05, 0.1) is 31.8 Å². The summed E-state index contributed by atoms with van der Waals surface area (Å²) >= 11 is 0. The van der Waals surface area contributed by atoms with Crippen LogP contribution in [0, 0.1) is 0 Å². The van der Waals surface area contributed by atoms with E-state index in [4.69, 9.17) is 9.47 Å². The molecule has 0 aliphatic carbocycles. The molecule has 0 spiro atoms. The maximum atomic E-state index is 11.3. The molecular weight excluding hydrogens is 310 g/mol. The monoisotopic (exact) mass is 325 g/mol. The Bertz CT molecular complexity index is 790. The average molecular weight is 325 g/mol. The third-order valence-electron chi connectivity index (χ3n) is 3.49. The number of pyridine rings is 1. The van der Waals surface area contributed by atoms with Gasteiger partial charge in [-0.3, -0.25) is 0 Å². The fraction of sp³-hybridized carbons (Fsp3) is 0.118. The maximum Gasteiger partial charge on any atom is 0.356 e. The van der Waals surface area contributed by atoms with E-state index in [1.165, 1.54) is 17.9 Å². The molecule has 3 aromatic rings. The van der Waals surface area contributed by atoms with E-state index in [2.05, 4.69) is 10.1 Å². The molecule has 0 saturated heterocycles. The lowest BCUT2D eigenvalue weighted by Gasteiger charge is -2.08. The maximum absolute atomic E-state index is 11.3. The first-order valence-corrected chi connectivity index (χ1v) is 7.10. The van der Waals surface area contributed by atoms with Crippen LogP contribution >= 0.6 is 0 Å². The highest BCUT2D eigenvalue weighted by atomic mass is 16.5. The lowest BCUT2D eigenvalue weighted by Crippen LogP contribution is -2.03. The van der Waals surface area contributed by atoms with Crippen LogP contribution in [0.3, 0.4) is 0 Å².